The first-order valence-electron chi connectivity index (χ1n) is 7.36. The third-order valence-electron chi connectivity index (χ3n) is 4.07. The van der Waals surface area contributed by atoms with E-state index in [1.807, 2.05) is 36.4 Å². The van der Waals surface area contributed by atoms with Crippen LogP contribution in [0.2, 0.25) is 10.0 Å². The molecule has 25 heavy (non-hydrogen) atoms. The van der Waals surface area contributed by atoms with Gasteiger partial charge in [-0.3, -0.25) is 4.99 Å². The van der Waals surface area contributed by atoms with Crippen LogP contribution >= 0.6 is 23.2 Å². The first-order valence-corrected chi connectivity index (χ1v) is 8.11. The lowest BCUT2D eigenvalue weighted by Gasteiger charge is -2.10. The number of nitrogens with one attached hydrogen (secondary N) is 1. The smallest absolute Gasteiger partial charge is 0.449 e. The summed E-state index contributed by atoms with van der Waals surface area (Å²) in [6, 6.07) is 12.9. The Balaban J connectivity index is 0.00000182. The SMILES string of the molecule is C[n+]1[nH]c(=O)n2c1CN=C(c1ccccc1Cl)c1cc(Cl)ccc1-2.[OH-]. The van der Waals surface area contributed by atoms with Crippen molar-refractivity contribution in [2.75, 3.05) is 0 Å². The van der Waals surface area contributed by atoms with Gasteiger partial charge < -0.3 is 5.48 Å². The molecule has 1 aliphatic heterocycles. The molecule has 0 unspecified atom stereocenters. The van der Waals surface area contributed by atoms with Crippen molar-refractivity contribution in [3.05, 3.63) is 79.9 Å². The second-order valence-electron chi connectivity index (χ2n) is 5.53. The van der Waals surface area contributed by atoms with Crippen molar-refractivity contribution in [3.8, 4) is 5.69 Å². The first-order chi connectivity index (χ1) is 11.6. The van der Waals surface area contributed by atoms with E-state index in [1.165, 1.54) is 0 Å². The molecule has 0 radical (unpaired) electrons. The van der Waals surface area contributed by atoms with E-state index < -0.39 is 0 Å². The number of halogens is 2. The van der Waals surface area contributed by atoms with Crippen LogP contribution in [0.3, 0.4) is 0 Å². The second-order valence-corrected chi connectivity index (χ2v) is 6.38. The van der Waals surface area contributed by atoms with Crippen LogP contribution in [0.15, 0.2) is 52.3 Å². The van der Waals surface area contributed by atoms with Crippen molar-refractivity contribution in [2.24, 2.45) is 12.0 Å². The van der Waals surface area contributed by atoms with Crippen LogP contribution in [0.5, 0.6) is 0 Å². The van der Waals surface area contributed by atoms with Gasteiger partial charge in [0.25, 0.3) is 0 Å². The van der Waals surface area contributed by atoms with Crippen LogP contribution in [0, 0.1) is 0 Å². The average Bonchev–Trinajstić information content (AvgIpc) is 2.74. The number of hydrogen-bond acceptors (Lipinski definition) is 3. The van der Waals surface area contributed by atoms with Crippen molar-refractivity contribution in [2.45, 2.75) is 6.54 Å². The van der Waals surface area contributed by atoms with Gasteiger partial charge in [0.2, 0.25) is 0 Å². The van der Waals surface area contributed by atoms with Crippen LogP contribution in [-0.2, 0) is 13.6 Å². The van der Waals surface area contributed by atoms with Gasteiger partial charge in [0.15, 0.2) is 0 Å². The highest BCUT2D eigenvalue weighted by Crippen LogP contribution is 2.28. The Morgan fingerprint density at radius 2 is 1.92 bits per heavy atom. The topological polar surface area (TPSA) is 84.0 Å². The van der Waals surface area contributed by atoms with Crippen LogP contribution in [0.25, 0.3) is 5.69 Å². The number of nitrogens with zero attached hydrogens (tertiary/aromatic N) is 3. The van der Waals surface area contributed by atoms with Crippen molar-refractivity contribution in [1.82, 2.24) is 9.67 Å². The summed E-state index contributed by atoms with van der Waals surface area (Å²) in [4.78, 5) is 17.1. The summed E-state index contributed by atoms with van der Waals surface area (Å²) in [5.41, 5.74) is 2.82. The molecule has 4 rings (SSSR count). The lowest BCUT2D eigenvalue weighted by molar-refractivity contribution is -0.736. The zero-order chi connectivity index (χ0) is 16.8. The molecule has 0 spiro atoms. The van der Waals surface area contributed by atoms with Gasteiger partial charge in [0, 0.05) is 21.2 Å². The molecule has 6 nitrogen and oxygen atoms in total. The van der Waals surface area contributed by atoms with Crippen LogP contribution in [0.1, 0.15) is 17.0 Å². The highest BCUT2D eigenvalue weighted by atomic mass is 35.5. The van der Waals surface area contributed by atoms with Crippen molar-refractivity contribution in [3.63, 3.8) is 0 Å². The van der Waals surface area contributed by atoms with Crippen molar-refractivity contribution < 1.29 is 10.2 Å². The Bertz CT molecular complexity index is 1050. The zero-order valence-electron chi connectivity index (χ0n) is 13.2. The Labute approximate surface area is 153 Å². The molecule has 2 heterocycles. The number of aromatic amines is 1. The summed E-state index contributed by atoms with van der Waals surface area (Å²) in [6.45, 7) is 0.349. The molecular weight excluding hydrogens is 363 g/mol. The normalized spacial score (nSPS) is 12.5. The predicted octanol–water partition coefficient (Wildman–Crippen LogP) is 2.47. The first kappa shape index (κ1) is 17.4. The minimum atomic E-state index is -0.216. The number of aliphatic imine (C=N–C) groups is 1. The quantitative estimate of drug-likeness (QED) is 0.661. The molecule has 0 aliphatic carbocycles. The summed E-state index contributed by atoms with van der Waals surface area (Å²) >= 11 is 12.6. The molecule has 2 aromatic carbocycles. The molecule has 0 atom stereocenters. The van der Waals surface area contributed by atoms with Gasteiger partial charge in [-0.05, 0) is 24.3 Å². The molecule has 1 aliphatic rings. The average molecular weight is 377 g/mol. The highest BCUT2D eigenvalue weighted by Gasteiger charge is 2.29. The molecule has 3 aromatic rings. The minimum absolute atomic E-state index is 0. The summed E-state index contributed by atoms with van der Waals surface area (Å²) in [5.74, 6) is 0.755. The summed E-state index contributed by atoms with van der Waals surface area (Å²) < 4.78 is 3.30. The summed E-state index contributed by atoms with van der Waals surface area (Å²) in [7, 11) is 1.79. The van der Waals surface area contributed by atoms with Gasteiger partial charge in [-0.2, -0.15) is 9.78 Å². The summed E-state index contributed by atoms with van der Waals surface area (Å²) in [6.07, 6.45) is 0. The third kappa shape index (κ3) is 2.78. The highest BCUT2D eigenvalue weighted by molar-refractivity contribution is 6.36. The number of aryl methyl sites for hydroxylation is 1. The van der Waals surface area contributed by atoms with E-state index in [4.69, 9.17) is 28.2 Å². The maximum Gasteiger partial charge on any atom is 0.449 e. The number of aromatic nitrogens is 3. The van der Waals surface area contributed by atoms with E-state index >= 15 is 0 Å². The minimum Gasteiger partial charge on any atom is -0.870 e. The third-order valence-corrected chi connectivity index (χ3v) is 4.64. The largest absolute Gasteiger partial charge is 0.870 e. The van der Waals surface area contributed by atoms with Crippen LogP contribution in [0.4, 0.5) is 0 Å². The van der Waals surface area contributed by atoms with E-state index in [1.54, 1.807) is 22.4 Å². The van der Waals surface area contributed by atoms with E-state index in [0.717, 1.165) is 28.4 Å². The molecule has 2 N–H and O–H groups in total. The maximum absolute atomic E-state index is 12.4. The van der Waals surface area contributed by atoms with Gasteiger partial charge in [0.1, 0.15) is 19.3 Å². The van der Waals surface area contributed by atoms with Crippen molar-refractivity contribution in [1.29, 1.82) is 0 Å². The zero-order valence-corrected chi connectivity index (χ0v) is 14.7. The lowest BCUT2D eigenvalue weighted by atomic mass is 10.0. The fourth-order valence-electron chi connectivity index (χ4n) is 2.96. The standard InChI is InChI=1S/C17H12Cl2N4O.H2O/c1-22-15-9-20-16(11-4-2-3-5-13(11)19)12-8-10(18)6-7-14(12)23(15)17(24)21-22;/h2-8H,9H2,1H3;1H2. The number of rotatable bonds is 1. The number of fused-ring (bicyclic) bond motifs is 3. The van der Waals surface area contributed by atoms with E-state index in [0.29, 0.717) is 16.6 Å². The fourth-order valence-corrected chi connectivity index (χ4v) is 3.36. The molecule has 0 amide bonds. The van der Waals surface area contributed by atoms with Gasteiger partial charge >= 0.3 is 11.5 Å². The molecule has 128 valence electrons. The number of H-pyrrole nitrogens is 1. The van der Waals surface area contributed by atoms with E-state index in [2.05, 4.69) is 5.10 Å². The molecular formula is C17H14Cl2N4O2. The molecule has 0 fully saturated rings. The molecule has 8 heteroatoms. The number of hydrogen-bond donors (Lipinski definition) is 1. The van der Waals surface area contributed by atoms with Crippen molar-refractivity contribution >= 4 is 28.9 Å². The van der Waals surface area contributed by atoms with E-state index in [-0.39, 0.29) is 11.2 Å². The molecule has 0 bridgehead atoms. The fraction of sp³-hybridized carbons (Fsp3) is 0.118. The Morgan fingerprint density at radius 3 is 2.68 bits per heavy atom. The maximum atomic E-state index is 12.4. The lowest BCUT2D eigenvalue weighted by Crippen LogP contribution is -2.36. The molecule has 0 saturated heterocycles. The van der Waals surface area contributed by atoms with Crippen LogP contribution < -0.4 is 10.4 Å². The monoisotopic (exact) mass is 376 g/mol. The summed E-state index contributed by atoms with van der Waals surface area (Å²) in [5, 5.41) is 3.94. The number of benzene rings is 2. The van der Waals surface area contributed by atoms with E-state index in [9.17, 15) is 4.79 Å². The Hall–Kier alpha value is -2.41. The Morgan fingerprint density at radius 1 is 1.16 bits per heavy atom. The molecule has 0 saturated carbocycles. The predicted molar refractivity (Wildman–Crippen MR) is 95.3 cm³/mol. The van der Waals surface area contributed by atoms with Gasteiger partial charge in [-0.25, -0.2) is 4.79 Å². The second kappa shape index (κ2) is 6.48. The molecule has 1 aromatic heterocycles. The Kier molecular flexibility index (Phi) is 4.51. The van der Waals surface area contributed by atoms with Crippen LogP contribution in [-0.4, -0.2) is 20.9 Å². The van der Waals surface area contributed by atoms with Gasteiger partial charge in [-0.1, -0.05) is 41.4 Å². The van der Waals surface area contributed by atoms with Gasteiger partial charge in [-0.15, -0.1) is 4.57 Å². The van der Waals surface area contributed by atoms with Gasteiger partial charge in [0.05, 0.1) is 5.71 Å².